The second-order valence-electron chi connectivity index (χ2n) is 5.16. The van der Waals surface area contributed by atoms with Crippen molar-refractivity contribution in [1.82, 2.24) is 4.90 Å². The Morgan fingerprint density at radius 3 is 2.43 bits per heavy atom. The summed E-state index contributed by atoms with van der Waals surface area (Å²) in [7, 11) is 2.88. The third-order valence-corrected chi connectivity index (χ3v) is 3.80. The number of carboxylic acids is 1. The minimum absolute atomic E-state index is 0.403. The highest BCUT2D eigenvalue weighted by atomic mass is 35.5. The highest BCUT2D eigenvalue weighted by Gasteiger charge is 2.35. The zero-order valence-electron chi connectivity index (χ0n) is 12.7. The first-order chi connectivity index (χ1) is 9.61. The molecule has 1 rings (SSSR count). The molecule has 1 aromatic carbocycles. The first-order valence-corrected chi connectivity index (χ1v) is 6.61. The number of aryl methyl sites for hydroxylation is 1. The first kappa shape index (κ1) is 17.1. The van der Waals surface area contributed by atoms with Crippen LogP contribution in [0.25, 0.3) is 0 Å². The standard InChI is InChI=1S/C14H19ClN2O4/c1-8-6-10(11(21-5)7-9(8)15)16-13(20)17(4)14(2,3)12(18)19/h6-7H,1-5H3,(H,16,20)(H,18,19). The zero-order chi connectivity index (χ0) is 16.4. The third kappa shape index (κ3) is 3.58. The molecule has 2 N–H and O–H groups in total. The Morgan fingerprint density at radius 1 is 1.38 bits per heavy atom. The Bertz CT molecular complexity index is 572. The molecule has 0 bridgehead atoms. The number of nitrogens with zero attached hydrogens (tertiary/aromatic N) is 1. The molecule has 21 heavy (non-hydrogen) atoms. The van der Waals surface area contributed by atoms with Gasteiger partial charge >= 0.3 is 12.0 Å². The molecule has 0 saturated carbocycles. The molecular weight excluding hydrogens is 296 g/mol. The van der Waals surface area contributed by atoms with E-state index in [1.54, 1.807) is 19.1 Å². The molecule has 0 atom stereocenters. The number of carbonyl (C=O) groups excluding carboxylic acids is 1. The van der Waals surface area contributed by atoms with Crippen molar-refractivity contribution in [3.8, 4) is 5.75 Å². The van der Waals surface area contributed by atoms with Crippen LogP contribution in [-0.2, 0) is 4.79 Å². The van der Waals surface area contributed by atoms with E-state index in [-0.39, 0.29) is 0 Å². The molecule has 0 aliphatic heterocycles. The first-order valence-electron chi connectivity index (χ1n) is 6.23. The van der Waals surface area contributed by atoms with Crippen LogP contribution in [-0.4, -0.2) is 41.7 Å². The fraction of sp³-hybridized carbons (Fsp3) is 0.429. The Hall–Kier alpha value is -1.95. The molecule has 0 heterocycles. The lowest BCUT2D eigenvalue weighted by Crippen LogP contribution is -2.52. The summed E-state index contributed by atoms with van der Waals surface area (Å²) in [4.78, 5) is 24.5. The third-order valence-electron chi connectivity index (χ3n) is 3.39. The molecule has 0 aromatic heterocycles. The Labute approximate surface area is 128 Å². The van der Waals surface area contributed by atoms with Gasteiger partial charge in [0.05, 0.1) is 12.8 Å². The molecule has 0 radical (unpaired) electrons. The van der Waals surface area contributed by atoms with Crippen LogP contribution in [0, 0.1) is 6.92 Å². The van der Waals surface area contributed by atoms with E-state index in [9.17, 15) is 9.59 Å². The molecule has 116 valence electrons. The SMILES string of the molecule is COc1cc(Cl)c(C)cc1NC(=O)N(C)C(C)(C)C(=O)O. The fourth-order valence-corrected chi connectivity index (χ4v) is 1.68. The number of amides is 2. The van der Waals surface area contributed by atoms with Gasteiger partial charge in [-0.05, 0) is 32.4 Å². The van der Waals surface area contributed by atoms with Crippen molar-refractivity contribution in [3.63, 3.8) is 0 Å². The van der Waals surface area contributed by atoms with E-state index in [0.717, 1.165) is 10.5 Å². The van der Waals surface area contributed by atoms with E-state index in [2.05, 4.69) is 5.32 Å². The molecular formula is C14H19ClN2O4. The molecule has 0 aliphatic carbocycles. The summed E-state index contributed by atoms with van der Waals surface area (Å²) in [5.41, 5.74) is -0.135. The lowest BCUT2D eigenvalue weighted by Gasteiger charge is -2.31. The number of urea groups is 1. The van der Waals surface area contributed by atoms with E-state index in [4.69, 9.17) is 21.4 Å². The second kappa shape index (κ2) is 6.22. The van der Waals surface area contributed by atoms with Crippen LogP contribution in [0.1, 0.15) is 19.4 Å². The van der Waals surface area contributed by atoms with Gasteiger partial charge < -0.3 is 20.1 Å². The summed E-state index contributed by atoms with van der Waals surface area (Å²) < 4.78 is 5.16. The lowest BCUT2D eigenvalue weighted by molar-refractivity contribution is -0.146. The maximum atomic E-state index is 12.2. The minimum atomic E-state index is -1.33. The number of methoxy groups -OCH3 is 1. The lowest BCUT2D eigenvalue weighted by atomic mass is 10.0. The van der Waals surface area contributed by atoms with Gasteiger partial charge in [0.1, 0.15) is 11.3 Å². The van der Waals surface area contributed by atoms with E-state index in [1.807, 2.05) is 0 Å². The number of rotatable bonds is 4. The van der Waals surface area contributed by atoms with Crippen LogP contribution in [0.4, 0.5) is 10.5 Å². The van der Waals surface area contributed by atoms with Crippen LogP contribution in [0.5, 0.6) is 5.75 Å². The van der Waals surface area contributed by atoms with E-state index < -0.39 is 17.5 Å². The van der Waals surface area contributed by atoms with Crippen LogP contribution in [0.15, 0.2) is 12.1 Å². The van der Waals surface area contributed by atoms with Crippen molar-refractivity contribution in [2.75, 3.05) is 19.5 Å². The summed E-state index contributed by atoms with van der Waals surface area (Å²) in [6.45, 7) is 4.68. The molecule has 7 heteroatoms. The van der Waals surface area contributed by atoms with Crippen LogP contribution in [0.3, 0.4) is 0 Å². The molecule has 0 aliphatic rings. The number of aliphatic carboxylic acids is 1. The van der Waals surface area contributed by atoms with Gasteiger partial charge in [-0.2, -0.15) is 0 Å². The number of halogens is 1. The largest absolute Gasteiger partial charge is 0.495 e. The smallest absolute Gasteiger partial charge is 0.329 e. The van der Waals surface area contributed by atoms with Crippen LogP contribution in [0.2, 0.25) is 5.02 Å². The van der Waals surface area contributed by atoms with E-state index in [0.29, 0.717) is 16.5 Å². The Kier molecular flexibility index (Phi) is 5.06. The molecule has 2 amide bonds. The number of likely N-dealkylation sites (N-methyl/N-ethyl adjacent to an activating group) is 1. The fourth-order valence-electron chi connectivity index (χ4n) is 1.53. The summed E-state index contributed by atoms with van der Waals surface area (Å²) in [5.74, 6) is -0.695. The number of carbonyl (C=O) groups is 2. The zero-order valence-corrected chi connectivity index (χ0v) is 13.4. The summed E-state index contributed by atoms with van der Waals surface area (Å²) in [5, 5.41) is 12.3. The average molecular weight is 315 g/mol. The van der Waals surface area contributed by atoms with Crippen molar-refractivity contribution < 1.29 is 19.4 Å². The molecule has 0 fully saturated rings. The van der Waals surface area contributed by atoms with Crippen molar-refractivity contribution in [2.24, 2.45) is 0 Å². The highest BCUT2D eigenvalue weighted by molar-refractivity contribution is 6.31. The quantitative estimate of drug-likeness (QED) is 0.895. The number of ether oxygens (including phenoxy) is 1. The number of hydrogen-bond acceptors (Lipinski definition) is 3. The maximum absolute atomic E-state index is 12.2. The van der Waals surface area contributed by atoms with Gasteiger partial charge in [-0.25, -0.2) is 9.59 Å². The number of benzene rings is 1. The highest BCUT2D eigenvalue weighted by Crippen LogP contribution is 2.31. The van der Waals surface area contributed by atoms with Crippen molar-refractivity contribution in [1.29, 1.82) is 0 Å². The summed E-state index contributed by atoms with van der Waals surface area (Å²) in [6, 6.07) is 2.71. The second-order valence-corrected chi connectivity index (χ2v) is 5.56. The average Bonchev–Trinajstić information content (AvgIpc) is 2.41. The van der Waals surface area contributed by atoms with Gasteiger partial charge in [-0.15, -0.1) is 0 Å². The van der Waals surface area contributed by atoms with Gasteiger partial charge in [0.25, 0.3) is 0 Å². The van der Waals surface area contributed by atoms with Gasteiger partial charge in [0, 0.05) is 18.1 Å². The summed E-state index contributed by atoms with van der Waals surface area (Å²) in [6.07, 6.45) is 0. The summed E-state index contributed by atoms with van der Waals surface area (Å²) >= 11 is 6.00. The van der Waals surface area contributed by atoms with Crippen LogP contribution >= 0.6 is 11.6 Å². The predicted octanol–water partition coefficient (Wildman–Crippen LogP) is 2.98. The van der Waals surface area contributed by atoms with Crippen LogP contribution < -0.4 is 10.1 Å². The van der Waals surface area contributed by atoms with Gasteiger partial charge in [-0.1, -0.05) is 11.6 Å². The van der Waals surface area contributed by atoms with Gasteiger partial charge in [-0.3, -0.25) is 0 Å². The molecule has 6 nitrogen and oxygen atoms in total. The van der Waals surface area contributed by atoms with Crippen molar-refractivity contribution in [3.05, 3.63) is 22.7 Å². The normalized spacial score (nSPS) is 11.0. The van der Waals surface area contributed by atoms with E-state index >= 15 is 0 Å². The van der Waals surface area contributed by atoms with Crippen molar-refractivity contribution >= 4 is 29.3 Å². The number of anilines is 1. The van der Waals surface area contributed by atoms with Gasteiger partial charge in [0.15, 0.2) is 0 Å². The molecule has 0 spiro atoms. The molecule has 1 aromatic rings. The molecule has 0 saturated heterocycles. The Balaban J connectivity index is 3.04. The number of nitrogens with one attached hydrogen (secondary N) is 1. The predicted molar refractivity (Wildman–Crippen MR) is 81.2 cm³/mol. The minimum Gasteiger partial charge on any atom is -0.495 e. The maximum Gasteiger partial charge on any atom is 0.329 e. The van der Waals surface area contributed by atoms with Gasteiger partial charge in [0.2, 0.25) is 0 Å². The Morgan fingerprint density at radius 2 is 1.95 bits per heavy atom. The monoisotopic (exact) mass is 314 g/mol. The topological polar surface area (TPSA) is 78.9 Å². The number of hydrogen-bond donors (Lipinski definition) is 2. The number of carboxylic acid groups (broad SMARTS) is 1. The van der Waals surface area contributed by atoms with Crippen molar-refractivity contribution in [2.45, 2.75) is 26.3 Å². The molecule has 0 unspecified atom stereocenters. The van der Waals surface area contributed by atoms with E-state index in [1.165, 1.54) is 28.0 Å².